The summed E-state index contributed by atoms with van der Waals surface area (Å²) >= 11 is 0. The van der Waals surface area contributed by atoms with E-state index in [4.69, 9.17) is 9.52 Å². The van der Waals surface area contributed by atoms with E-state index in [2.05, 4.69) is 44.9 Å². The SMILES string of the molecule is C[C@H](c1ccc2c(c1)OCC2)N1CCN(c2ncc([S@](C)(=N)=O)cn2)CC1. The van der Waals surface area contributed by atoms with Crippen molar-refractivity contribution in [2.24, 2.45) is 0 Å². The summed E-state index contributed by atoms with van der Waals surface area (Å²) in [6.45, 7) is 6.56. The smallest absolute Gasteiger partial charge is 0.225 e. The monoisotopic (exact) mass is 387 g/mol. The molecule has 0 amide bonds. The van der Waals surface area contributed by atoms with Crippen molar-refractivity contribution in [2.75, 3.05) is 43.9 Å². The number of nitrogens with one attached hydrogen (secondary N) is 1. The number of hydrogen-bond acceptors (Lipinski definition) is 7. The Kier molecular flexibility index (Phi) is 4.77. The second kappa shape index (κ2) is 7.09. The summed E-state index contributed by atoms with van der Waals surface area (Å²) in [5, 5.41) is 0. The number of rotatable bonds is 4. The summed E-state index contributed by atoms with van der Waals surface area (Å²) in [6.07, 6.45) is 5.42. The molecule has 0 unspecified atom stereocenters. The van der Waals surface area contributed by atoms with Crippen molar-refractivity contribution in [3.63, 3.8) is 0 Å². The largest absolute Gasteiger partial charge is 0.493 e. The molecule has 144 valence electrons. The van der Waals surface area contributed by atoms with Crippen LogP contribution in [-0.2, 0) is 16.1 Å². The Hall–Kier alpha value is -2.19. The number of nitrogens with zero attached hydrogens (tertiary/aromatic N) is 4. The molecule has 1 saturated heterocycles. The van der Waals surface area contributed by atoms with Crippen LogP contribution in [0.5, 0.6) is 5.75 Å². The number of fused-ring (bicyclic) bond motifs is 1. The van der Waals surface area contributed by atoms with E-state index < -0.39 is 9.73 Å². The Bertz CT molecular complexity index is 922. The maximum absolute atomic E-state index is 11.8. The second-order valence-electron chi connectivity index (χ2n) is 7.23. The van der Waals surface area contributed by atoms with Crippen LogP contribution in [0, 0.1) is 4.78 Å². The molecule has 2 aliphatic rings. The molecule has 7 nitrogen and oxygen atoms in total. The van der Waals surface area contributed by atoms with Gasteiger partial charge in [-0.15, -0.1) is 0 Å². The van der Waals surface area contributed by atoms with Gasteiger partial charge in [-0.25, -0.2) is 19.0 Å². The maximum Gasteiger partial charge on any atom is 0.225 e. The highest BCUT2D eigenvalue weighted by molar-refractivity contribution is 7.91. The van der Waals surface area contributed by atoms with Gasteiger partial charge in [-0.05, 0) is 24.1 Å². The van der Waals surface area contributed by atoms with Crippen LogP contribution in [-0.4, -0.2) is 58.1 Å². The van der Waals surface area contributed by atoms with Gasteiger partial charge in [0.1, 0.15) is 5.75 Å². The molecule has 1 aromatic heterocycles. The molecule has 1 N–H and O–H groups in total. The molecule has 3 heterocycles. The van der Waals surface area contributed by atoms with E-state index in [0.29, 0.717) is 16.9 Å². The highest BCUT2D eigenvalue weighted by atomic mass is 32.2. The minimum absolute atomic E-state index is 0.332. The van der Waals surface area contributed by atoms with Crippen molar-refractivity contribution in [3.05, 3.63) is 41.7 Å². The van der Waals surface area contributed by atoms with Gasteiger partial charge in [0.05, 0.1) is 21.2 Å². The first-order chi connectivity index (χ1) is 12.9. The fourth-order valence-electron chi connectivity index (χ4n) is 3.64. The van der Waals surface area contributed by atoms with Crippen molar-refractivity contribution in [1.82, 2.24) is 14.9 Å². The second-order valence-corrected chi connectivity index (χ2v) is 9.39. The summed E-state index contributed by atoms with van der Waals surface area (Å²) in [7, 11) is -2.77. The predicted molar refractivity (Wildman–Crippen MR) is 105 cm³/mol. The number of piperazine rings is 1. The third kappa shape index (κ3) is 3.77. The van der Waals surface area contributed by atoms with Crippen molar-refractivity contribution in [2.45, 2.75) is 24.3 Å². The molecule has 0 radical (unpaired) electrons. The van der Waals surface area contributed by atoms with Crippen LogP contribution in [0.4, 0.5) is 5.95 Å². The summed E-state index contributed by atoms with van der Waals surface area (Å²) in [4.78, 5) is 13.6. The normalized spacial score (nSPS) is 20.6. The number of ether oxygens (including phenoxy) is 1. The number of benzene rings is 1. The average Bonchev–Trinajstić information content (AvgIpc) is 3.15. The topological polar surface area (TPSA) is 82.4 Å². The molecule has 1 aromatic carbocycles. The molecule has 0 aliphatic carbocycles. The van der Waals surface area contributed by atoms with Crippen molar-refractivity contribution in [3.8, 4) is 5.75 Å². The molecule has 2 atom stereocenters. The van der Waals surface area contributed by atoms with Gasteiger partial charge < -0.3 is 9.64 Å². The quantitative estimate of drug-likeness (QED) is 0.867. The van der Waals surface area contributed by atoms with Gasteiger partial charge in [0.15, 0.2) is 0 Å². The molecule has 27 heavy (non-hydrogen) atoms. The highest BCUT2D eigenvalue weighted by Gasteiger charge is 2.24. The summed E-state index contributed by atoms with van der Waals surface area (Å²) in [6, 6.07) is 6.93. The van der Waals surface area contributed by atoms with Crippen molar-refractivity contribution >= 4 is 15.7 Å². The minimum atomic E-state index is -2.77. The van der Waals surface area contributed by atoms with Crippen molar-refractivity contribution < 1.29 is 8.95 Å². The van der Waals surface area contributed by atoms with Crippen LogP contribution >= 0.6 is 0 Å². The molecule has 0 saturated carbocycles. The third-order valence-corrected chi connectivity index (χ3v) is 6.52. The fourth-order valence-corrected chi connectivity index (χ4v) is 4.14. The Morgan fingerprint density at radius 3 is 2.56 bits per heavy atom. The van der Waals surface area contributed by atoms with Gasteiger partial charge in [-0.2, -0.15) is 0 Å². The van der Waals surface area contributed by atoms with E-state index in [0.717, 1.165) is 45.0 Å². The third-order valence-electron chi connectivity index (χ3n) is 5.41. The Morgan fingerprint density at radius 2 is 1.89 bits per heavy atom. The predicted octanol–water partition coefficient (Wildman–Crippen LogP) is 2.33. The molecular formula is C19H25N5O2S. The molecule has 0 bridgehead atoms. The fraction of sp³-hybridized carbons (Fsp3) is 0.474. The lowest BCUT2D eigenvalue weighted by Crippen LogP contribution is -2.47. The standard InChI is InChI=1S/C19H25N5O2S/c1-14(16-4-3-15-5-10-26-18(15)11-16)23-6-8-24(9-7-23)19-21-12-17(13-22-19)27(2,20)25/h3-4,11-14,20H,5-10H2,1-2H3/t14-,27-/m1/s1. The summed E-state index contributed by atoms with van der Waals surface area (Å²) < 4.78 is 25.1. The first kappa shape index (κ1) is 18.2. The van der Waals surface area contributed by atoms with Crippen LogP contribution in [0.3, 0.4) is 0 Å². The molecule has 2 aliphatic heterocycles. The summed E-state index contributed by atoms with van der Waals surface area (Å²) in [5.74, 6) is 1.68. The Labute approximate surface area is 160 Å². The minimum Gasteiger partial charge on any atom is -0.493 e. The number of aromatic nitrogens is 2. The van der Waals surface area contributed by atoms with E-state index in [1.165, 1.54) is 29.8 Å². The molecule has 0 spiro atoms. The van der Waals surface area contributed by atoms with Gasteiger partial charge in [0.25, 0.3) is 0 Å². The average molecular weight is 388 g/mol. The lowest BCUT2D eigenvalue weighted by molar-refractivity contribution is 0.197. The lowest BCUT2D eigenvalue weighted by atomic mass is 10.0. The van der Waals surface area contributed by atoms with Gasteiger partial charge in [-0.1, -0.05) is 12.1 Å². The van der Waals surface area contributed by atoms with Gasteiger partial charge in [0.2, 0.25) is 5.95 Å². The zero-order chi connectivity index (χ0) is 19.0. The highest BCUT2D eigenvalue weighted by Crippen LogP contribution is 2.31. The maximum atomic E-state index is 11.8. The Morgan fingerprint density at radius 1 is 1.19 bits per heavy atom. The van der Waals surface area contributed by atoms with Crippen LogP contribution in [0.1, 0.15) is 24.1 Å². The van der Waals surface area contributed by atoms with E-state index in [9.17, 15) is 4.21 Å². The zero-order valence-corrected chi connectivity index (χ0v) is 16.5. The molecular weight excluding hydrogens is 362 g/mol. The van der Waals surface area contributed by atoms with E-state index >= 15 is 0 Å². The van der Waals surface area contributed by atoms with Crippen LogP contribution in [0.2, 0.25) is 0 Å². The van der Waals surface area contributed by atoms with E-state index in [-0.39, 0.29) is 0 Å². The van der Waals surface area contributed by atoms with Crippen molar-refractivity contribution in [1.29, 1.82) is 4.78 Å². The van der Waals surface area contributed by atoms with E-state index in [1.807, 2.05) is 0 Å². The number of hydrogen-bond donors (Lipinski definition) is 1. The molecule has 4 rings (SSSR count). The van der Waals surface area contributed by atoms with Gasteiger partial charge in [-0.3, -0.25) is 4.90 Å². The van der Waals surface area contributed by atoms with Crippen LogP contribution in [0.25, 0.3) is 0 Å². The van der Waals surface area contributed by atoms with Gasteiger partial charge in [0, 0.05) is 57.3 Å². The van der Waals surface area contributed by atoms with Crippen LogP contribution in [0.15, 0.2) is 35.5 Å². The molecule has 2 aromatic rings. The summed E-state index contributed by atoms with van der Waals surface area (Å²) in [5.41, 5.74) is 2.60. The zero-order valence-electron chi connectivity index (χ0n) is 15.7. The molecule has 1 fully saturated rings. The first-order valence-corrected chi connectivity index (χ1v) is 11.2. The van der Waals surface area contributed by atoms with E-state index in [1.54, 1.807) is 0 Å². The van der Waals surface area contributed by atoms with Gasteiger partial charge >= 0.3 is 0 Å². The lowest BCUT2D eigenvalue weighted by Gasteiger charge is -2.38. The molecule has 8 heteroatoms. The Balaban J connectivity index is 1.40. The first-order valence-electron chi connectivity index (χ1n) is 9.22. The number of anilines is 1. The van der Waals surface area contributed by atoms with Crippen LogP contribution < -0.4 is 9.64 Å².